The third kappa shape index (κ3) is 3.23. The van der Waals surface area contributed by atoms with E-state index in [0.717, 1.165) is 5.56 Å². The Kier molecular flexibility index (Phi) is 4.01. The second kappa shape index (κ2) is 5.71. The van der Waals surface area contributed by atoms with E-state index in [1.807, 2.05) is 13.0 Å². The molecule has 0 spiro atoms. The molecule has 1 aliphatic rings. The summed E-state index contributed by atoms with van der Waals surface area (Å²) in [4.78, 5) is 23.3. The summed E-state index contributed by atoms with van der Waals surface area (Å²) in [5, 5.41) is 5.64. The molecule has 0 aromatic heterocycles. The Morgan fingerprint density at radius 1 is 1.47 bits per heavy atom. The minimum atomic E-state index is -0.183. The predicted molar refractivity (Wildman–Crippen MR) is 72.5 cm³/mol. The zero-order chi connectivity index (χ0) is 13.8. The summed E-state index contributed by atoms with van der Waals surface area (Å²) < 4.78 is 0. The Balaban J connectivity index is 2.07. The lowest BCUT2D eigenvalue weighted by Gasteiger charge is -2.24. The second-order valence-electron chi connectivity index (χ2n) is 4.71. The largest absolute Gasteiger partial charge is 0.354 e. The lowest BCUT2D eigenvalue weighted by atomic mass is 10.0. The van der Waals surface area contributed by atoms with Crippen molar-refractivity contribution in [2.45, 2.75) is 25.8 Å². The van der Waals surface area contributed by atoms with Gasteiger partial charge in [-0.15, -0.1) is 0 Å². The van der Waals surface area contributed by atoms with Gasteiger partial charge in [-0.1, -0.05) is 11.6 Å². The fourth-order valence-corrected chi connectivity index (χ4v) is 2.09. The highest BCUT2D eigenvalue weighted by Crippen LogP contribution is 2.16. The Morgan fingerprint density at radius 2 is 2.26 bits per heavy atom. The molecule has 1 atom stereocenters. The third-order valence-corrected chi connectivity index (χ3v) is 3.18. The van der Waals surface area contributed by atoms with Crippen LogP contribution in [0.3, 0.4) is 0 Å². The topological polar surface area (TPSA) is 96.2 Å². The number of anilines is 1. The van der Waals surface area contributed by atoms with E-state index in [2.05, 4.69) is 16.1 Å². The SMILES string of the molecule is Cc1ccc(NN)c(C(=O)NC2CCC(=O)NC2)c1. The smallest absolute Gasteiger partial charge is 0.253 e. The molecule has 0 aliphatic carbocycles. The van der Waals surface area contributed by atoms with Crippen molar-refractivity contribution in [3.05, 3.63) is 29.3 Å². The van der Waals surface area contributed by atoms with Crippen molar-refractivity contribution < 1.29 is 9.59 Å². The predicted octanol–water partition coefficient (Wildman–Crippen LogP) is 0.289. The summed E-state index contributed by atoms with van der Waals surface area (Å²) in [6, 6.07) is 5.40. The molecule has 19 heavy (non-hydrogen) atoms. The summed E-state index contributed by atoms with van der Waals surface area (Å²) in [5.41, 5.74) is 4.60. The van der Waals surface area contributed by atoms with Crippen molar-refractivity contribution in [3.8, 4) is 0 Å². The number of aryl methyl sites for hydroxylation is 1. The molecule has 1 aliphatic heterocycles. The van der Waals surface area contributed by atoms with Gasteiger partial charge < -0.3 is 16.1 Å². The van der Waals surface area contributed by atoms with Crippen molar-refractivity contribution in [2.75, 3.05) is 12.0 Å². The first-order valence-corrected chi connectivity index (χ1v) is 6.25. The highest BCUT2D eigenvalue weighted by atomic mass is 16.2. The average molecular weight is 262 g/mol. The second-order valence-corrected chi connectivity index (χ2v) is 4.71. The molecule has 5 N–H and O–H groups in total. The van der Waals surface area contributed by atoms with E-state index in [-0.39, 0.29) is 17.9 Å². The maximum atomic E-state index is 12.2. The van der Waals surface area contributed by atoms with Crippen molar-refractivity contribution in [2.24, 2.45) is 5.84 Å². The number of nitrogen functional groups attached to an aromatic ring is 1. The van der Waals surface area contributed by atoms with E-state index in [0.29, 0.717) is 30.6 Å². The zero-order valence-electron chi connectivity index (χ0n) is 10.8. The van der Waals surface area contributed by atoms with Crippen LogP contribution in [0, 0.1) is 6.92 Å². The van der Waals surface area contributed by atoms with E-state index in [1.54, 1.807) is 12.1 Å². The number of piperidine rings is 1. The van der Waals surface area contributed by atoms with Crippen molar-refractivity contribution in [1.82, 2.24) is 10.6 Å². The summed E-state index contributed by atoms with van der Waals surface area (Å²) in [5.74, 6) is 5.25. The zero-order valence-corrected chi connectivity index (χ0v) is 10.8. The molecule has 2 amide bonds. The van der Waals surface area contributed by atoms with E-state index in [4.69, 9.17) is 5.84 Å². The van der Waals surface area contributed by atoms with Crippen LogP contribution >= 0.6 is 0 Å². The maximum Gasteiger partial charge on any atom is 0.253 e. The van der Waals surface area contributed by atoms with Crippen LogP contribution in [0.2, 0.25) is 0 Å². The van der Waals surface area contributed by atoms with Crippen molar-refractivity contribution in [3.63, 3.8) is 0 Å². The van der Waals surface area contributed by atoms with E-state index in [1.165, 1.54) is 0 Å². The van der Waals surface area contributed by atoms with Crippen LogP contribution in [0.5, 0.6) is 0 Å². The Morgan fingerprint density at radius 3 is 2.89 bits per heavy atom. The van der Waals surface area contributed by atoms with Gasteiger partial charge in [-0.2, -0.15) is 0 Å². The molecule has 1 saturated heterocycles. The quantitative estimate of drug-likeness (QED) is 0.465. The normalized spacial score (nSPS) is 18.6. The molecule has 1 heterocycles. The van der Waals surface area contributed by atoms with Crippen LogP contribution in [0.4, 0.5) is 5.69 Å². The summed E-state index contributed by atoms with van der Waals surface area (Å²) in [7, 11) is 0. The lowest BCUT2D eigenvalue weighted by Crippen LogP contribution is -2.47. The monoisotopic (exact) mass is 262 g/mol. The molecule has 0 saturated carbocycles. The maximum absolute atomic E-state index is 12.2. The number of hydrazine groups is 1. The highest BCUT2D eigenvalue weighted by Gasteiger charge is 2.21. The van der Waals surface area contributed by atoms with Crippen molar-refractivity contribution in [1.29, 1.82) is 0 Å². The van der Waals surface area contributed by atoms with Crippen LogP contribution in [-0.4, -0.2) is 24.4 Å². The van der Waals surface area contributed by atoms with E-state index < -0.39 is 0 Å². The summed E-state index contributed by atoms with van der Waals surface area (Å²) in [6.45, 7) is 2.39. The molecular weight excluding hydrogens is 244 g/mol. The van der Waals surface area contributed by atoms with Gasteiger partial charge in [-0.05, 0) is 25.5 Å². The lowest BCUT2D eigenvalue weighted by molar-refractivity contribution is -0.122. The summed E-state index contributed by atoms with van der Waals surface area (Å²) >= 11 is 0. The van der Waals surface area contributed by atoms with E-state index >= 15 is 0 Å². The Hall–Kier alpha value is -2.08. The molecule has 1 fully saturated rings. The minimum absolute atomic E-state index is 0.0312. The number of carbonyl (C=O) groups is 2. The van der Waals surface area contributed by atoms with Crippen LogP contribution in [0.25, 0.3) is 0 Å². The van der Waals surface area contributed by atoms with Gasteiger partial charge in [0.1, 0.15) is 0 Å². The fourth-order valence-electron chi connectivity index (χ4n) is 2.09. The van der Waals surface area contributed by atoms with Gasteiger partial charge >= 0.3 is 0 Å². The number of amides is 2. The molecular formula is C13H18N4O2. The number of benzene rings is 1. The van der Waals surface area contributed by atoms with Crippen LogP contribution in [0.1, 0.15) is 28.8 Å². The number of hydrogen-bond acceptors (Lipinski definition) is 4. The molecule has 0 radical (unpaired) electrons. The summed E-state index contributed by atoms with van der Waals surface area (Å²) in [6.07, 6.45) is 1.11. The van der Waals surface area contributed by atoms with Gasteiger partial charge in [0.15, 0.2) is 0 Å². The Labute approximate surface area is 111 Å². The van der Waals surface area contributed by atoms with Crippen LogP contribution < -0.4 is 21.9 Å². The van der Waals surface area contributed by atoms with Gasteiger partial charge in [-0.25, -0.2) is 0 Å². The molecule has 2 rings (SSSR count). The molecule has 1 unspecified atom stereocenters. The van der Waals surface area contributed by atoms with Gasteiger partial charge in [0.05, 0.1) is 11.3 Å². The molecule has 1 aromatic carbocycles. The number of rotatable bonds is 3. The molecule has 6 nitrogen and oxygen atoms in total. The fraction of sp³-hybridized carbons (Fsp3) is 0.385. The number of nitrogens with two attached hydrogens (primary N) is 1. The van der Waals surface area contributed by atoms with Gasteiger partial charge in [0, 0.05) is 19.0 Å². The van der Waals surface area contributed by atoms with Crippen LogP contribution in [-0.2, 0) is 4.79 Å². The highest BCUT2D eigenvalue weighted by molar-refractivity contribution is 6.00. The van der Waals surface area contributed by atoms with Gasteiger partial charge in [0.2, 0.25) is 5.91 Å². The molecule has 1 aromatic rings. The molecule has 0 bridgehead atoms. The van der Waals surface area contributed by atoms with Gasteiger partial charge in [0.25, 0.3) is 5.91 Å². The number of carbonyl (C=O) groups excluding carboxylic acids is 2. The third-order valence-electron chi connectivity index (χ3n) is 3.18. The van der Waals surface area contributed by atoms with E-state index in [9.17, 15) is 9.59 Å². The number of nitrogens with one attached hydrogen (secondary N) is 3. The van der Waals surface area contributed by atoms with Crippen LogP contribution in [0.15, 0.2) is 18.2 Å². The number of hydrogen-bond donors (Lipinski definition) is 4. The first kappa shape index (κ1) is 13.4. The first-order chi connectivity index (χ1) is 9.10. The molecule has 6 heteroatoms. The average Bonchev–Trinajstić information content (AvgIpc) is 2.41. The van der Waals surface area contributed by atoms with Gasteiger partial charge in [-0.3, -0.25) is 15.4 Å². The minimum Gasteiger partial charge on any atom is -0.354 e. The Bertz CT molecular complexity index is 491. The van der Waals surface area contributed by atoms with Crippen molar-refractivity contribution >= 4 is 17.5 Å². The first-order valence-electron chi connectivity index (χ1n) is 6.25. The standard InChI is InChI=1S/C13H18N4O2/c1-8-2-4-11(17-14)10(6-8)13(19)16-9-3-5-12(18)15-7-9/h2,4,6,9,17H,3,5,7,14H2,1H3,(H,15,18)(H,16,19). The molecule has 102 valence electrons.